The number of aryl methyl sites for hydroxylation is 2. The molecule has 0 N–H and O–H groups in total. The third-order valence-electron chi connectivity index (χ3n) is 4.71. The molecule has 2 aromatic carbocycles. The zero-order valence-corrected chi connectivity index (χ0v) is 18.2. The molecule has 0 bridgehead atoms. The van der Waals surface area contributed by atoms with E-state index in [9.17, 15) is 8.42 Å². The maximum absolute atomic E-state index is 11.9. The molecule has 0 fully saturated rings. The summed E-state index contributed by atoms with van der Waals surface area (Å²) in [5, 5.41) is 8.14. The van der Waals surface area contributed by atoms with Crippen molar-refractivity contribution in [3.8, 4) is 22.6 Å². The van der Waals surface area contributed by atoms with Crippen LogP contribution in [0.3, 0.4) is 0 Å². The molecule has 7 nitrogen and oxygen atoms in total. The maximum Gasteiger partial charge on any atom is 0.265 e. The van der Waals surface area contributed by atoms with Gasteiger partial charge in [0.1, 0.15) is 11.8 Å². The molecule has 2 heterocycles. The minimum absolute atomic E-state index is 0.155. The Morgan fingerprint density at radius 3 is 2.03 bits per heavy atom. The summed E-state index contributed by atoms with van der Waals surface area (Å²) in [5.41, 5.74) is 4.82. The van der Waals surface area contributed by atoms with Gasteiger partial charge in [-0.15, -0.1) is 0 Å². The van der Waals surface area contributed by atoms with E-state index in [-0.39, 0.29) is 6.42 Å². The molecule has 0 saturated carbocycles. The van der Waals surface area contributed by atoms with Gasteiger partial charge in [0, 0.05) is 29.7 Å². The maximum atomic E-state index is 11.9. The van der Waals surface area contributed by atoms with Gasteiger partial charge in [0.05, 0.1) is 11.9 Å². The number of aromatic nitrogens is 2. The largest absolute Gasteiger partial charge is 0.356 e. The number of rotatable bonds is 7. The first-order valence-corrected chi connectivity index (χ1v) is 11.5. The summed E-state index contributed by atoms with van der Waals surface area (Å²) >= 11 is 0. The monoisotopic (exact) mass is 438 g/mol. The third-order valence-corrected chi connectivity index (χ3v) is 5.29. The summed E-state index contributed by atoms with van der Waals surface area (Å²) in [4.78, 5) is 0. The van der Waals surface area contributed by atoms with E-state index in [2.05, 4.69) is 10.3 Å². The molecule has 0 saturated heterocycles. The minimum atomic E-state index is -3.74. The molecule has 0 aliphatic rings. The lowest BCUT2D eigenvalue weighted by Gasteiger charge is -2.11. The number of hydrogen-bond acceptors (Lipinski definition) is 7. The van der Waals surface area contributed by atoms with Crippen LogP contribution in [0.25, 0.3) is 22.6 Å². The molecule has 8 heteroatoms. The molecule has 0 aliphatic carbocycles. The molecule has 4 aromatic rings. The van der Waals surface area contributed by atoms with Crippen LogP contribution in [-0.2, 0) is 20.7 Å². The molecule has 0 spiro atoms. The van der Waals surface area contributed by atoms with E-state index >= 15 is 0 Å². The SMILES string of the molecule is Cc1cccc(-c2cc(CC(OS(C)(=O)=O)c3cc(-c4cccc(C)c4)on3)no2)c1. The highest BCUT2D eigenvalue weighted by Crippen LogP contribution is 2.30. The molecule has 0 aliphatic heterocycles. The Kier molecular flexibility index (Phi) is 5.75. The van der Waals surface area contributed by atoms with E-state index in [0.717, 1.165) is 28.5 Å². The Balaban J connectivity index is 1.61. The highest BCUT2D eigenvalue weighted by atomic mass is 32.2. The summed E-state index contributed by atoms with van der Waals surface area (Å²) in [5.74, 6) is 1.12. The Morgan fingerprint density at radius 2 is 1.45 bits per heavy atom. The Bertz CT molecular complexity index is 1310. The second-order valence-electron chi connectivity index (χ2n) is 7.53. The van der Waals surface area contributed by atoms with Crippen molar-refractivity contribution < 1.29 is 21.6 Å². The van der Waals surface area contributed by atoms with Crippen LogP contribution in [0.2, 0.25) is 0 Å². The van der Waals surface area contributed by atoms with Crippen LogP contribution in [-0.4, -0.2) is 25.0 Å². The summed E-state index contributed by atoms with van der Waals surface area (Å²) in [6, 6.07) is 19.1. The van der Waals surface area contributed by atoms with Crippen molar-refractivity contribution >= 4 is 10.1 Å². The summed E-state index contributed by atoms with van der Waals surface area (Å²) in [7, 11) is -3.74. The summed E-state index contributed by atoms with van der Waals surface area (Å²) in [6.45, 7) is 3.97. The van der Waals surface area contributed by atoms with Crippen molar-refractivity contribution in [2.45, 2.75) is 26.4 Å². The molecule has 31 heavy (non-hydrogen) atoms. The molecular formula is C23H22N2O5S. The van der Waals surface area contributed by atoms with Crippen molar-refractivity contribution in [2.75, 3.05) is 6.26 Å². The number of nitrogens with zero attached hydrogens (tertiary/aromatic N) is 2. The average molecular weight is 439 g/mol. The van der Waals surface area contributed by atoms with Gasteiger partial charge in [-0.25, -0.2) is 0 Å². The molecule has 1 unspecified atom stereocenters. The van der Waals surface area contributed by atoms with Crippen LogP contribution >= 0.6 is 0 Å². The van der Waals surface area contributed by atoms with Gasteiger partial charge in [-0.2, -0.15) is 8.42 Å². The van der Waals surface area contributed by atoms with Crippen molar-refractivity contribution in [2.24, 2.45) is 0 Å². The van der Waals surface area contributed by atoms with Gasteiger partial charge in [-0.05, 0) is 26.0 Å². The van der Waals surface area contributed by atoms with Gasteiger partial charge in [0.2, 0.25) is 0 Å². The third kappa shape index (κ3) is 5.28. The molecular weight excluding hydrogens is 416 g/mol. The highest BCUT2D eigenvalue weighted by Gasteiger charge is 2.25. The minimum Gasteiger partial charge on any atom is -0.356 e. The van der Waals surface area contributed by atoms with E-state index in [1.165, 1.54) is 0 Å². The van der Waals surface area contributed by atoms with E-state index in [1.807, 2.05) is 62.4 Å². The lowest BCUT2D eigenvalue weighted by Crippen LogP contribution is -2.13. The second kappa shape index (κ2) is 8.49. The van der Waals surface area contributed by atoms with Crippen molar-refractivity contribution in [3.05, 3.63) is 83.2 Å². The predicted molar refractivity (Wildman–Crippen MR) is 116 cm³/mol. The lowest BCUT2D eigenvalue weighted by atomic mass is 10.1. The second-order valence-corrected chi connectivity index (χ2v) is 9.13. The number of hydrogen-bond donors (Lipinski definition) is 0. The Hall–Kier alpha value is -3.23. The fourth-order valence-electron chi connectivity index (χ4n) is 3.31. The van der Waals surface area contributed by atoms with Crippen molar-refractivity contribution in [3.63, 3.8) is 0 Å². The summed E-state index contributed by atoms with van der Waals surface area (Å²) in [6.07, 6.45) is 0.262. The standard InChI is InChI=1S/C23H22N2O5S/c1-15-6-4-8-17(10-15)21-12-19(24-28-21)13-23(30-31(3,26)27)20-14-22(29-25-20)18-9-5-7-16(2)11-18/h4-12,14,23H,13H2,1-3H3. The van der Waals surface area contributed by atoms with E-state index in [1.54, 1.807) is 12.1 Å². The molecule has 4 rings (SSSR count). The molecule has 160 valence electrons. The normalized spacial score (nSPS) is 12.7. The van der Waals surface area contributed by atoms with Gasteiger partial charge in [0.25, 0.3) is 10.1 Å². The first kappa shape index (κ1) is 21.0. The van der Waals surface area contributed by atoms with Crippen LogP contribution in [0.1, 0.15) is 28.6 Å². The van der Waals surface area contributed by atoms with Crippen LogP contribution < -0.4 is 0 Å². The van der Waals surface area contributed by atoms with Crippen LogP contribution in [0.5, 0.6) is 0 Å². The highest BCUT2D eigenvalue weighted by molar-refractivity contribution is 7.86. The zero-order chi connectivity index (χ0) is 22.0. The predicted octanol–water partition coefficient (Wildman–Crippen LogP) is 4.87. The van der Waals surface area contributed by atoms with Gasteiger partial charge in [0.15, 0.2) is 11.5 Å². The Morgan fingerprint density at radius 1 is 0.871 bits per heavy atom. The molecule has 2 aromatic heterocycles. The van der Waals surface area contributed by atoms with Crippen LogP contribution in [0, 0.1) is 13.8 Å². The molecule has 0 radical (unpaired) electrons. The fraction of sp³-hybridized carbons (Fsp3) is 0.217. The van der Waals surface area contributed by atoms with Gasteiger partial charge in [-0.3, -0.25) is 4.18 Å². The van der Waals surface area contributed by atoms with E-state index in [0.29, 0.717) is 22.9 Å². The van der Waals surface area contributed by atoms with Crippen LogP contribution in [0.4, 0.5) is 0 Å². The fourth-order valence-corrected chi connectivity index (χ4v) is 3.89. The Labute approximate surface area is 180 Å². The first-order chi connectivity index (χ1) is 14.8. The van der Waals surface area contributed by atoms with Gasteiger partial charge < -0.3 is 9.05 Å². The van der Waals surface area contributed by atoms with Crippen LogP contribution in [0.15, 0.2) is 69.7 Å². The molecule has 0 amide bonds. The van der Waals surface area contributed by atoms with Gasteiger partial charge >= 0.3 is 0 Å². The summed E-state index contributed by atoms with van der Waals surface area (Å²) < 4.78 is 40.0. The topological polar surface area (TPSA) is 95.4 Å². The van der Waals surface area contributed by atoms with Crippen molar-refractivity contribution in [1.82, 2.24) is 10.3 Å². The molecule has 1 atom stereocenters. The lowest BCUT2D eigenvalue weighted by molar-refractivity contribution is 0.201. The van der Waals surface area contributed by atoms with E-state index in [4.69, 9.17) is 13.2 Å². The average Bonchev–Trinajstić information content (AvgIpc) is 3.36. The zero-order valence-electron chi connectivity index (χ0n) is 17.4. The quantitative estimate of drug-likeness (QED) is 0.380. The number of benzene rings is 2. The van der Waals surface area contributed by atoms with Gasteiger partial charge in [-0.1, -0.05) is 57.8 Å². The first-order valence-electron chi connectivity index (χ1n) is 9.71. The smallest absolute Gasteiger partial charge is 0.265 e. The van der Waals surface area contributed by atoms with E-state index < -0.39 is 16.2 Å². The van der Waals surface area contributed by atoms with Crippen molar-refractivity contribution in [1.29, 1.82) is 0 Å².